The van der Waals surface area contributed by atoms with Gasteiger partial charge in [0.2, 0.25) is 0 Å². The van der Waals surface area contributed by atoms with Crippen LogP contribution in [0.25, 0.3) is 0 Å². The van der Waals surface area contributed by atoms with Gasteiger partial charge in [0.25, 0.3) is 0 Å². The number of ketones is 1. The van der Waals surface area contributed by atoms with Crippen LogP contribution in [0.2, 0.25) is 0 Å². The lowest BCUT2D eigenvalue weighted by Crippen LogP contribution is -2.30. The van der Waals surface area contributed by atoms with Crippen molar-refractivity contribution in [3.8, 4) is 0 Å². The maximum absolute atomic E-state index is 11.8. The van der Waals surface area contributed by atoms with Crippen molar-refractivity contribution < 1.29 is 14.3 Å². The van der Waals surface area contributed by atoms with Gasteiger partial charge in [0, 0.05) is 18.0 Å². The molecule has 0 fully saturated rings. The fraction of sp³-hybridized carbons (Fsp3) is 0.545. The van der Waals surface area contributed by atoms with Gasteiger partial charge < -0.3 is 4.74 Å². The van der Waals surface area contributed by atoms with Crippen LogP contribution >= 0.6 is 0 Å². The SMILES string of the molecule is CCCC1=CN=CC(C(=O)OCC)C1=O. The van der Waals surface area contributed by atoms with Crippen molar-refractivity contribution in [1.29, 1.82) is 0 Å². The van der Waals surface area contributed by atoms with Crippen molar-refractivity contribution in [2.24, 2.45) is 10.9 Å². The van der Waals surface area contributed by atoms with Crippen molar-refractivity contribution >= 4 is 18.0 Å². The highest BCUT2D eigenvalue weighted by Gasteiger charge is 2.30. The Kier molecular flexibility index (Phi) is 4.21. The summed E-state index contributed by atoms with van der Waals surface area (Å²) in [5.74, 6) is -1.52. The van der Waals surface area contributed by atoms with Crippen LogP contribution in [0, 0.1) is 5.92 Å². The van der Waals surface area contributed by atoms with E-state index in [2.05, 4.69) is 4.99 Å². The van der Waals surface area contributed by atoms with Gasteiger partial charge >= 0.3 is 5.97 Å². The van der Waals surface area contributed by atoms with Crippen molar-refractivity contribution in [3.63, 3.8) is 0 Å². The molecule has 1 aliphatic rings. The first kappa shape index (κ1) is 11.6. The predicted octanol–water partition coefficient (Wildman–Crippen LogP) is 1.50. The molecule has 1 aliphatic heterocycles. The molecular formula is C11H15NO3. The summed E-state index contributed by atoms with van der Waals surface area (Å²) >= 11 is 0. The van der Waals surface area contributed by atoms with Crippen molar-refractivity contribution in [1.82, 2.24) is 0 Å². The van der Waals surface area contributed by atoms with Gasteiger partial charge in [-0.15, -0.1) is 0 Å². The normalized spacial score (nSPS) is 20.0. The lowest BCUT2D eigenvalue weighted by atomic mass is 9.94. The van der Waals surface area contributed by atoms with E-state index in [0.29, 0.717) is 12.0 Å². The zero-order chi connectivity index (χ0) is 11.3. The van der Waals surface area contributed by atoms with Gasteiger partial charge in [-0.25, -0.2) is 0 Å². The molecule has 1 heterocycles. The molecule has 4 nitrogen and oxygen atoms in total. The van der Waals surface area contributed by atoms with Crippen LogP contribution in [0.1, 0.15) is 26.7 Å². The number of carbonyl (C=O) groups is 2. The molecule has 1 rings (SSSR count). The van der Waals surface area contributed by atoms with E-state index in [4.69, 9.17) is 4.74 Å². The van der Waals surface area contributed by atoms with Gasteiger partial charge in [0.1, 0.15) is 0 Å². The third-order valence-electron chi connectivity index (χ3n) is 2.12. The van der Waals surface area contributed by atoms with Gasteiger partial charge in [0.15, 0.2) is 11.7 Å². The molecule has 82 valence electrons. The number of esters is 1. The summed E-state index contributed by atoms with van der Waals surface area (Å²) in [7, 11) is 0. The number of hydrogen-bond acceptors (Lipinski definition) is 4. The van der Waals surface area contributed by atoms with Gasteiger partial charge in [0.05, 0.1) is 6.61 Å². The number of Topliss-reactive ketones (excluding diaryl/α,β-unsaturated/α-hetero) is 1. The predicted molar refractivity (Wildman–Crippen MR) is 56.6 cm³/mol. The average molecular weight is 209 g/mol. The molecule has 1 unspecified atom stereocenters. The second-order valence-electron chi connectivity index (χ2n) is 3.30. The number of allylic oxidation sites excluding steroid dienone is 1. The first-order valence-electron chi connectivity index (χ1n) is 5.13. The Morgan fingerprint density at radius 2 is 2.27 bits per heavy atom. The molecule has 0 aromatic rings. The van der Waals surface area contributed by atoms with Crippen LogP contribution in [0.4, 0.5) is 0 Å². The molecular weight excluding hydrogens is 194 g/mol. The van der Waals surface area contributed by atoms with Gasteiger partial charge in [-0.3, -0.25) is 14.6 Å². The summed E-state index contributed by atoms with van der Waals surface area (Å²) in [5, 5.41) is 0. The van der Waals surface area contributed by atoms with Crippen molar-refractivity contribution in [3.05, 3.63) is 11.8 Å². The van der Waals surface area contributed by atoms with E-state index >= 15 is 0 Å². The molecule has 0 N–H and O–H groups in total. The van der Waals surface area contributed by atoms with Crippen LogP contribution in [0.5, 0.6) is 0 Å². The molecule has 0 spiro atoms. The first-order chi connectivity index (χ1) is 7.20. The molecule has 0 aliphatic carbocycles. The van der Waals surface area contributed by atoms with E-state index in [9.17, 15) is 9.59 Å². The molecule has 0 saturated heterocycles. The number of hydrogen-bond donors (Lipinski definition) is 0. The topological polar surface area (TPSA) is 55.7 Å². The van der Waals surface area contributed by atoms with E-state index in [1.165, 1.54) is 12.4 Å². The van der Waals surface area contributed by atoms with E-state index in [0.717, 1.165) is 6.42 Å². The largest absolute Gasteiger partial charge is 0.465 e. The Labute approximate surface area is 89.0 Å². The molecule has 1 atom stereocenters. The summed E-state index contributed by atoms with van der Waals surface area (Å²) in [4.78, 5) is 27.1. The molecule has 0 aromatic carbocycles. The number of rotatable bonds is 4. The fourth-order valence-electron chi connectivity index (χ4n) is 1.41. The van der Waals surface area contributed by atoms with Gasteiger partial charge in [-0.1, -0.05) is 13.3 Å². The molecule has 4 heteroatoms. The fourth-order valence-corrected chi connectivity index (χ4v) is 1.41. The molecule has 0 bridgehead atoms. The average Bonchev–Trinajstić information content (AvgIpc) is 2.22. The van der Waals surface area contributed by atoms with Crippen LogP contribution in [0.3, 0.4) is 0 Å². The zero-order valence-corrected chi connectivity index (χ0v) is 9.03. The molecule has 0 amide bonds. The third kappa shape index (κ3) is 2.75. The summed E-state index contributed by atoms with van der Waals surface area (Å²) in [6.07, 6.45) is 4.40. The minimum absolute atomic E-state index is 0.176. The summed E-state index contributed by atoms with van der Waals surface area (Å²) in [5.41, 5.74) is 0.609. The van der Waals surface area contributed by atoms with Crippen LogP contribution in [0.15, 0.2) is 16.8 Å². The minimum Gasteiger partial charge on any atom is -0.465 e. The number of nitrogens with zero attached hydrogens (tertiary/aromatic N) is 1. The molecule has 0 aromatic heterocycles. The second-order valence-corrected chi connectivity index (χ2v) is 3.30. The highest BCUT2D eigenvalue weighted by atomic mass is 16.5. The number of aliphatic imine (C=N–C) groups is 1. The first-order valence-corrected chi connectivity index (χ1v) is 5.13. The Morgan fingerprint density at radius 3 is 2.87 bits per heavy atom. The van der Waals surface area contributed by atoms with Gasteiger partial charge in [-0.2, -0.15) is 0 Å². The lowest BCUT2D eigenvalue weighted by molar-refractivity contribution is -0.147. The smallest absolute Gasteiger partial charge is 0.322 e. The quantitative estimate of drug-likeness (QED) is 0.521. The zero-order valence-electron chi connectivity index (χ0n) is 9.03. The highest BCUT2D eigenvalue weighted by molar-refractivity contribution is 6.19. The maximum Gasteiger partial charge on any atom is 0.322 e. The van der Waals surface area contributed by atoms with Crippen LogP contribution < -0.4 is 0 Å². The second kappa shape index (κ2) is 5.44. The minimum atomic E-state index is -0.837. The van der Waals surface area contributed by atoms with E-state index in [-0.39, 0.29) is 12.4 Å². The van der Waals surface area contributed by atoms with Gasteiger partial charge in [-0.05, 0) is 13.3 Å². The molecule has 15 heavy (non-hydrogen) atoms. The van der Waals surface area contributed by atoms with E-state index in [1.807, 2.05) is 6.92 Å². The summed E-state index contributed by atoms with van der Waals surface area (Å²) in [6, 6.07) is 0. The summed E-state index contributed by atoms with van der Waals surface area (Å²) < 4.78 is 4.80. The monoisotopic (exact) mass is 209 g/mol. The van der Waals surface area contributed by atoms with Crippen LogP contribution in [-0.4, -0.2) is 24.6 Å². The van der Waals surface area contributed by atoms with E-state index < -0.39 is 11.9 Å². The highest BCUT2D eigenvalue weighted by Crippen LogP contribution is 2.16. The number of carbonyl (C=O) groups excluding carboxylic acids is 2. The third-order valence-corrected chi connectivity index (χ3v) is 2.12. The number of ether oxygens (including phenoxy) is 1. The lowest BCUT2D eigenvalue weighted by Gasteiger charge is -2.14. The van der Waals surface area contributed by atoms with Crippen molar-refractivity contribution in [2.45, 2.75) is 26.7 Å². The molecule has 0 saturated carbocycles. The maximum atomic E-state index is 11.8. The van der Waals surface area contributed by atoms with Crippen molar-refractivity contribution in [2.75, 3.05) is 6.61 Å². The Morgan fingerprint density at radius 1 is 1.53 bits per heavy atom. The van der Waals surface area contributed by atoms with E-state index in [1.54, 1.807) is 6.92 Å². The Balaban J connectivity index is 2.72. The van der Waals surface area contributed by atoms with Crippen LogP contribution in [-0.2, 0) is 14.3 Å². The molecule has 0 radical (unpaired) electrons. The Hall–Kier alpha value is -1.45. The Bertz CT molecular complexity index is 318. The summed E-state index contributed by atoms with van der Waals surface area (Å²) in [6.45, 7) is 3.97. The standard InChI is InChI=1S/C11H15NO3/c1-3-5-8-6-12-7-9(10(8)13)11(14)15-4-2/h6-7,9H,3-5H2,1-2H3.